The summed E-state index contributed by atoms with van der Waals surface area (Å²) in [4.78, 5) is 0. The molecule has 0 heterocycles. The molecule has 0 rings (SSSR count). The summed E-state index contributed by atoms with van der Waals surface area (Å²) in [5.41, 5.74) is 0. The molecule has 5 heteroatoms. The molecule has 0 spiro atoms. The van der Waals surface area contributed by atoms with Crippen LogP contribution in [0, 0.1) is 0 Å². The van der Waals surface area contributed by atoms with Crippen molar-refractivity contribution in [3.05, 3.63) is 0 Å². The molecule has 0 radical (unpaired) electrons. The number of hydrogen-bond acceptors (Lipinski definition) is 5. The van der Waals surface area contributed by atoms with Crippen molar-refractivity contribution in [2.45, 2.75) is 25.8 Å². The van der Waals surface area contributed by atoms with Crippen molar-refractivity contribution in [1.82, 2.24) is 5.32 Å². The highest BCUT2D eigenvalue weighted by molar-refractivity contribution is 4.63. The zero-order chi connectivity index (χ0) is 12.8. The van der Waals surface area contributed by atoms with Crippen LogP contribution < -0.4 is 5.32 Å². The van der Waals surface area contributed by atoms with Gasteiger partial charge in [0, 0.05) is 20.3 Å². The molecule has 0 aromatic heterocycles. The number of hydrogen-bond donors (Lipinski definition) is 2. The Morgan fingerprint density at radius 3 is 2.53 bits per heavy atom. The van der Waals surface area contributed by atoms with Gasteiger partial charge in [-0.2, -0.15) is 0 Å². The van der Waals surface area contributed by atoms with E-state index < -0.39 is 0 Å². The molecule has 104 valence electrons. The summed E-state index contributed by atoms with van der Waals surface area (Å²) in [5.74, 6) is 0. The molecular weight excluding hydrogens is 222 g/mol. The predicted molar refractivity (Wildman–Crippen MR) is 67.3 cm³/mol. The molecule has 1 unspecified atom stereocenters. The van der Waals surface area contributed by atoms with Gasteiger partial charge in [-0.05, 0) is 19.4 Å². The molecule has 0 aliphatic heterocycles. The lowest BCUT2D eigenvalue weighted by molar-refractivity contribution is 0.0265. The van der Waals surface area contributed by atoms with E-state index >= 15 is 0 Å². The average molecular weight is 249 g/mol. The molecule has 0 aromatic carbocycles. The molecule has 0 bridgehead atoms. The Morgan fingerprint density at radius 1 is 1.12 bits per heavy atom. The first kappa shape index (κ1) is 16.8. The van der Waals surface area contributed by atoms with E-state index in [1.807, 2.05) is 0 Å². The Balaban J connectivity index is 3.19. The van der Waals surface area contributed by atoms with Gasteiger partial charge < -0.3 is 24.6 Å². The van der Waals surface area contributed by atoms with Gasteiger partial charge in [0.2, 0.25) is 0 Å². The van der Waals surface area contributed by atoms with Gasteiger partial charge in [-0.3, -0.25) is 0 Å². The summed E-state index contributed by atoms with van der Waals surface area (Å²) in [6.07, 6.45) is 1.97. The monoisotopic (exact) mass is 249 g/mol. The van der Waals surface area contributed by atoms with Gasteiger partial charge in [-0.1, -0.05) is 6.92 Å². The Hall–Kier alpha value is -0.200. The fraction of sp³-hybridized carbons (Fsp3) is 1.00. The second-order valence-corrected chi connectivity index (χ2v) is 3.87. The van der Waals surface area contributed by atoms with Crippen LogP contribution in [0.1, 0.15) is 19.8 Å². The van der Waals surface area contributed by atoms with Gasteiger partial charge in [0.25, 0.3) is 0 Å². The summed E-state index contributed by atoms with van der Waals surface area (Å²) in [6, 6.07) is 0.0310. The third-order valence-corrected chi connectivity index (χ3v) is 2.23. The first-order chi connectivity index (χ1) is 8.35. The third kappa shape index (κ3) is 12.1. The highest BCUT2D eigenvalue weighted by Crippen LogP contribution is 1.88. The van der Waals surface area contributed by atoms with Crippen LogP contribution in [-0.2, 0) is 14.2 Å². The van der Waals surface area contributed by atoms with Crippen LogP contribution in [0.3, 0.4) is 0 Å². The van der Waals surface area contributed by atoms with E-state index in [1.54, 1.807) is 7.11 Å². The molecule has 0 aliphatic carbocycles. The zero-order valence-corrected chi connectivity index (χ0v) is 11.1. The minimum absolute atomic E-state index is 0.0310. The van der Waals surface area contributed by atoms with Gasteiger partial charge in [0.15, 0.2) is 0 Å². The van der Waals surface area contributed by atoms with E-state index in [2.05, 4.69) is 12.2 Å². The number of rotatable bonds is 13. The van der Waals surface area contributed by atoms with E-state index in [4.69, 9.17) is 19.3 Å². The molecule has 0 saturated carbocycles. The number of aliphatic hydroxyl groups is 1. The minimum Gasteiger partial charge on any atom is -0.395 e. The molecule has 0 fully saturated rings. The van der Waals surface area contributed by atoms with Crippen LogP contribution in [0.5, 0.6) is 0 Å². The Bertz CT molecular complexity index is 146. The second kappa shape index (κ2) is 13.9. The Labute approximate surface area is 104 Å². The van der Waals surface area contributed by atoms with Crippen molar-refractivity contribution in [2.24, 2.45) is 0 Å². The SMILES string of the molecule is CCCNC(CO)COCCOCCCOC. The lowest BCUT2D eigenvalue weighted by atomic mass is 10.3. The normalized spacial score (nSPS) is 12.9. The van der Waals surface area contributed by atoms with Gasteiger partial charge in [-0.15, -0.1) is 0 Å². The average Bonchev–Trinajstić information content (AvgIpc) is 2.36. The van der Waals surface area contributed by atoms with Crippen LogP contribution in [0.25, 0.3) is 0 Å². The predicted octanol–water partition coefficient (Wildman–Crippen LogP) is 0.417. The summed E-state index contributed by atoms with van der Waals surface area (Å²) in [7, 11) is 1.68. The van der Waals surface area contributed by atoms with Crippen molar-refractivity contribution in [3.8, 4) is 0 Å². The standard InChI is InChI=1S/C12H27NO4/c1-3-5-13-12(10-14)11-17-9-8-16-7-4-6-15-2/h12-14H,3-11H2,1-2H3. The molecule has 0 aliphatic rings. The summed E-state index contributed by atoms with van der Waals surface area (Å²) in [6.45, 7) is 6.22. The fourth-order valence-electron chi connectivity index (χ4n) is 1.28. The Kier molecular flexibility index (Phi) is 13.7. The molecule has 5 nitrogen and oxygen atoms in total. The maximum atomic E-state index is 9.06. The highest BCUT2D eigenvalue weighted by Gasteiger charge is 2.05. The highest BCUT2D eigenvalue weighted by atomic mass is 16.5. The van der Waals surface area contributed by atoms with Crippen LogP contribution in [0.4, 0.5) is 0 Å². The smallest absolute Gasteiger partial charge is 0.0701 e. The molecule has 1 atom stereocenters. The maximum absolute atomic E-state index is 9.06. The van der Waals surface area contributed by atoms with Gasteiger partial charge in [-0.25, -0.2) is 0 Å². The van der Waals surface area contributed by atoms with E-state index in [-0.39, 0.29) is 12.6 Å². The van der Waals surface area contributed by atoms with E-state index in [0.717, 1.165) is 26.0 Å². The molecule has 0 aromatic rings. The molecular formula is C12H27NO4. The number of ether oxygens (including phenoxy) is 3. The second-order valence-electron chi connectivity index (χ2n) is 3.87. The first-order valence-corrected chi connectivity index (χ1v) is 6.33. The van der Waals surface area contributed by atoms with Crippen LogP contribution in [0.2, 0.25) is 0 Å². The number of aliphatic hydroxyl groups excluding tert-OH is 1. The molecule has 0 saturated heterocycles. The molecule has 17 heavy (non-hydrogen) atoms. The van der Waals surface area contributed by atoms with Crippen molar-refractivity contribution >= 4 is 0 Å². The van der Waals surface area contributed by atoms with Crippen molar-refractivity contribution in [2.75, 3.05) is 53.3 Å². The van der Waals surface area contributed by atoms with E-state index in [1.165, 1.54) is 0 Å². The van der Waals surface area contributed by atoms with Crippen molar-refractivity contribution in [1.29, 1.82) is 0 Å². The lowest BCUT2D eigenvalue weighted by Crippen LogP contribution is -2.37. The van der Waals surface area contributed by atoms with Crippen LogP contribution in [0.15, 0.2) is 0 Å². The van der Waals surface area contributed by atoms with Gasteiger partial charge in [0.05, 0.1) is 32.5 Å². The van der Waals surface area contributed by atoms with Gasteiger partial charge >= 0.3 is 0 Å². The van der Waals surface area contributed by atoms with Crippen molar-refractivity contribution in [3.63, 3.8) is 0 Å². The number of nitrogens with one attached hydrogen (secondary N) is 1. The summed E-state index contributed by atoms with van der Waals surface area (Å²) < 4.78 is 15.7. The summed E-state index contributed by atoms with van der Waals surface area (Å²) >= 11 is 0. The first-order valence-electron chi connectivity index (χ1n) is 6.33. The lowest BCUT2D eigenvalue weighted by Gasteiger charge is -2.15. The van der Waals surface area contributed by atoms with E-state index in [0.29, 0.717) is 26.4 Å². The number of methoxy groups -OCH3 is 1. The minimum atomic E-state index is 0.0310. The Morgan fingerprint density at radius 2 is 1.88 bits per heavy atom. The van der Waals surface area contributed by atoms with Crippen LogP contribution in [-0.4, -0.2) is 64.4 Å². The maximum Gasteiger partial charge on any atom is 0.0701 e. The van der Waals surface area contributed by atoms with Crippen LogP contribution >= 0.6 is 0 Å². The third-order valence-electron chi connectivity index (χ3n) is 2.23. The summed E-state index contributed by atoms with van der Waals surface area (Å²) in [5, 5.41) is 12.3. The van der Waals surface area contributed by atoms with E-state index in [9.17, 15) is 0 Å². The van der Waals surface area contributed by atoms with Gasteiger partial charge in [0.1, 0.15) is 0 Å². The largest absolute Gasteiger partial charge is 0.395 e. The quantitative estimate of drug-likeness (QED) is 0.463. The van der Waals surface area contributed by atoms with Crippen molar-refractivity contribution < 1.29 is 19.3 Å². The fourth-order valence-corrected chi connectivity index (χ4v) is 1.28. The molecule has 0 amide bonds. The topological polar surface area (TPSA) is 60.0 Å². The molecule has 2 N–H and O–H groups in total. The zero-order valence-electron chi connectivity index (χ0n) is 11.1.